The molecule has 0 amide bonds. The fourth-order valence-corrected chi connectivity index (χ4v) is 2.56. The van der Waals surface area contributed by atoms with Crippen LogP contribution in [0.5, 0.6) is 0 Å². The van der Waals surface area contributed by atoms with Crippen molar-refractivity contribution < 1.29 is 9.05 Å². The Morgan fingerprint density at radius 3 is 2.29 bits per heavy atom. The summed E-state index contributed by atoms with van der Waals surface area (Å²) in [7, 11) is -0.851. The average Bonchev–Trinajstić information content (AvgIpc) is 2.18. The van der Waals surface area contributed by atoms with Gasteiger partial charge in [-0.15, -0.1) is 0 Å². The molecule has 0 unspecified atom stereocenters. The largest absolute Gasteiger partial charge is 0.329 e. The van der Waals surface area contributed by atoms with E-state index < -0.39 is 8.38 Å². The van der Waals surface area contributed by atoms with Gasteiger partial charge in [0.1, 0.15) is 0 Å². The quantitative estimate of drug-likeness (QED) is 0.709. The van der Waals surface area contributed by atoms with Crippen LogP contribution in [0.15, 0.2) is 30.3 Å². The van der Waals surface area contributed by atoms with Gasteiger partial charge in [-0.3, -0.25) is 0 Å². The van der Waals surface area contributed by atoms with E-state index in [-0.39, 0.29) is 0 Å². The van der Waals surface area contributed by atoms with Crippen LogP contribution in [-0.4, -0.2) is 26.3 Å². The predicted octanol–water partition coefficient (Wildman–Crippen LogP) is 1.26. The second kappa shape index (κ2) is 5.42. The van der Waals surface area contributed by atoms with Crippen molar-refractivity contribution >= 4 is 13.7 Å². The Morgan fingerprint density at radius 1 is 1.00 bits per heavy atom. The van der Waals surface area contributed by atoms with Gasteiger partial charge in [-0.2, -0.15) is 0 Å². The van der Waals surface area contributed by atoms with Gasteiger partial charge in [0.2, 0.25) is 8.38 Å². The van der Waals surface area contributed by atoms with Gasteiger partial charge in [0, 0.05) is 18.4 Å². The molecule has 0 aromatic heterocycles. The van der Waals surface area contributed by atoms with E-state index in [0.717, 1.165) is 31.6 Å². The Bertz CT molecular complexity index is 260. The summed E-state index contributed by atoms with van der Waals surface area (Å²) in [6, 6.07) is 10.1. The molecule has 14 heavy (non-hydrogen) atoms. The number of hydrogen-bond donors (Lipinski definition) is 1. The summed E-state index contributed by atoms with van der Waals surface area (Å²) in [5.41, 5.74) is 0. The van der Waals surface area contributed by atoms with E-state index >= 15 is 0 Å². The summed E-state index contributed by atoms with van der Waals surface area (Å²) in [5.74, 6) is 0. The molecule has 0 atom stereocenters. The third kappa shape index (κ3) is 2.76. The van der Waals surface area contributed by atoms with Crippen LogP contribution in [0.2, 0.25) is 0 Å². The number of rotatable bonds is 1. The highest BCUT2D eigenvalue weighted by Gasteiger charge is 2.14. The minimum Gasteiger partial charge on any atom is -0.329 e. The normalized spacial score (nSPS) is 20.0. The van der Waals surface area contributed by atoms with E-state index in [9.17, 15) is 0 Å². The molecule has 1 heterocycles. The molecule has 2 rings (SSSR count). The highest BCUT2D eigenvalue weighted by Crippen LogP contribution is 2.36. The predicted molar refractivity (Wildman–Crippen MR) is 57.8 cm³/mol. The van der Waals surface area contributed by atoms with Crippen molar-refractivity contribution in [2.45, 2.75) is 0 Å². The Balaban J connectivity index is 2.01. The Kier molecular flexibility index (Phi) is 3.90. The van der Waals surface area contributed by atoms with Crippen LogP contribution in [0, 0.1) is 0 Å². The van der Waals surface area contributed by atoms with Crippen molar-refractivity contribution in [1.82, 2.24) is 5.32 Å². The van der Waals surface area contributed by atoms with Gasteiger partial charge in [0.15, 0.2) is 0 Å². The van der Waals surface area contributed by atoms with Gasteiger partial charge in [-0.1, -0.05) is 18.2 Å². The molecule has 0 bridgehead atoms. The fraction of sp³-hybridized carbons (Fsp3) is 0.400. The molecule has 1 saturated heterocycles. The van der Waals surface area contributed by atoms with Crippen molar-refractivity contribution in [3.63, 3.8) is 0 Å². The summed E-state index contributed by atoms with van der Waals surface area (Å²) >= 11 is 0. The maximum atomic E-state index is 5.65. The Labute approximate surface area is 85.3 Å². The van der Waals surface area contributed by atoms with Gasteiger partial charge >= 0.3 is 0 Å². The van der Waals surface area contributed by atoms with Crippen molar-refractivity contribution in [2.24, 2.45) is 0 Å². The molecule has 1 aliphatic rings. The zero-order valence-corrected chi connectivity index (χ0v) is 8.87. The van der Waals surface area contributed by atoms with E-state index in [0.29, 0.717) is 0 Å². The molecule has 0 saturated carbocycles. The smallest absolute Gasteiger partial charge is 0.205 e. The minimum absolute atomic E-state index is 0.723. The summed E-state index contributed by atoms with van der Waals surface area (Å²) in [6.07, 6.45) is 0. The van der Waals surface area contributed by atoms with Crippen molar-refractivity contribution in [3.8, 4) is 0 Å². The van der Waals surface area contributed by atoms with Crippen molar-refractivity contribution in [1.29, 1.82) is 0 Å². The molecular formula is C10H14NO2P. The second-order valence-electron chi connectivity index (χ2n) is 3.01. The van der Waals surface area contributed by atoms with Crippen LogP contribution in [0.25, 0.3) is 0 Å². The highest BCUT2D eigenvalue weighted by atomic mass is 31.2. The Morgan fingerprint density at radius 2 is 1.64 bits per heavy atom. The molecule has 0 radical (unpaired) electrons. The molecule has 1 aromatic carbocycles. The van der Waals surface area contributed by atoms with Crippen LogP contribution in [-0.2, 0) is 9.05 Å². The molecule has 4 heteroatoms. The molecule has 3 nitrogen and oxygen atoms in total. The molecule has 1 aromatic rings. The highest BCUT2D eigenvalue weighted by molar-refractivity contribution is 7.56. The van der Waals surface area contributed by atoms with E-state index in [1.165, 1.54) is 0 Å². The van der Waals surface area contributed by atoms with Crippen LogP contribution < -0.4 is 10.6 Å². The summed E-state index contributed by atoms with van der Waals surface area (Å²) < 4.78 is 11.3. The third-order valence-corrected chi connectivity index (χ3v) is 3.50. The standard InChI is InChI=1S/C10H14NO2P/c1-2-4-10(5-3-1)14-12-8-6-11-7-9-13-14/h1-5,11H,6-9H2. The van der Waals surface area contributed by atoms with E-state index in [2.05, 4.69) is 17.4 Å². The zero-order chi connectivity index (χ0) is 9.64. The third-order valence-electron chi connectivity index (χ3n) is 1.94. The van der Waals surface area contributed by atoms with Gasteiger partial charge in [0.05, 0.1) is 13.2 Å². The number of nitrogens with one attached hydrogen (secondary N) is 1. The van der Waals surface area contributed by atoms with Crippen molar-refractivity contribution in [3.05, 3.63) is 30.3 Å². The lowest BCUT2D eigenvalue weighted by molar-refractivity contribution is 0.233. The average molecular weight is 211 g/mol. The SMILES string of the molecule is c1ccc(P2OCCNCCO2)cc1. The monoisotopic (exact) mass is 211 g/mol. The molecule has 76 valence electrons. The minimum atomic E-state index is -0.851. The first-order valence-electron chi connectivity index (χ1n) is 4.78. The van der Waals surface area contributed by atoms with Crippen LogP contribution in [0.4, 0.5) is 0 Å². The van der Waals surface area contributed by atoms with Gasteiger partial charge in [-0.05, 0) is 12.1 Å². The number of benzene rings is 1. The van der Waals surface area contributed by atoms with Crippen molar-refractivity contribution in [2.75, 3.05) is 26.3 Å². The lowest BCUT2D eigenvalue weighted by Crippen LogP contribution is -2.27. The second-order valence-corrected chi connectivity index (χ2v) is 4.56. The molecular weight excluding hydrogens is 197 g/mol. The lowest BCUT2D eigenvalue weighted by atomic mass is 10.4. The molecule has 0 spiro atoms. The maximum absolute atomic E-state index is 5.65. The topological polar surface area (TPSA) is 30.5 Å². The number of hydrogen-bond acceptors (Lipinski definition) is 3. The van der Waals surface area contributed by atoms with Gasteiger partial charge in [-0.25, -0.2) is 0 Å². The first-order valence-corrected chi connectivity index (χ1v) is 5.96. The summed E-state index contributed by atoms with van der Waals surface area (Å²) in [4.78, 5) is 0. The molecule has 1 aliphatic heterocycles. The van der Waals surface area contributed by atoms with E-state index in [1.807, 2.05) is 18.2 Å². The first kappa shape index (κ1) is 10.1. The summed E-state index contributed by atoms with van der Waals surface area (Å²) in [5, 5.41) is 4.38. The van der Waals surface area contributed by atoms with E-state index in [4.69, 9.17) is 9.05 Å². The van der Waals surface area contributed by atoms with Gasteiger partial charge in [0.25, 0.3) is 0 Å². The van der Waals surface area contributed by atoms with Crippen LogP contribution in [0.3, 0.4) is 0 Å². The first-order chi connectivity index (χ1) is 6.97. The summed E-state index contributed by atoms with van der Waals surface area (Å²) in [6.45, 7) is 3.27. The van der Waals surface area contributed by atoms with E-state index in [1.54, 1.807) is 0 Å². The van der Waals surface area contributed by atoms with Crippen LogP contribution in [0.1, 0.15) is 0 Å². The van der Waals surface area contributed by atoms with Crippen LogP contribution >= 0.6 is 8.38 Å². The molecule has 1 N–H and O–H groups in total. The maximum Gasteiger partial charge on any atom is 0.205 e. The zero-order valence-electron chi connectivity index (χ0n) is 7.98. The molecule has 0 aliphatic carbocycles. The molecule has 1 fully saturated rings. The Hall–Kier alpha value is -0.470. The van der Waals surface area contributed by atoms with Gasteiger partial charge < -0.3 is 14.4 Å². The fourth-order valence-electron chi connectivity index (χ4n) is 1.26. The lowest BCUT2D eigenvalue weighted by Gasteiger charge is -2.20.